The van der Waals surface area contributed by atoms with E-state index in [0.29, 0.717) is 12.5 Å². The van der Waals surface area contributed by atoms with Crippen LogP contribution in [-0.2, 0) is 4.74 Å². The molecule has 0 aliphatic carbocycles. The average Bonchev–Trinajstić information content (AvgIpc) is 2.49. The van der Waals surface area contributed by atoms with Crippen LogP contribution in [0.1, 0.15) is 6.92 Å². The molecule has 0 atom stereocenters. The second kappa shape index (κ2) is 4.93. The fraction of sp³-hybridized carbons (Fsp3) is 0.154. The number of para-hydroxylation sites is 1. The zero-order valence-corrected chi connectivity index (χ0v) is 10.4. The van der Waals surface area contributed by atoms with E-state index in [9.17, 15) is 0 Å². The van der Waals surface area contributed by atoms with Crippen LogP contribution in [0, 0.1) is 0 Å². The molecule has 0 fully saturated rings. The quantitative estimate of drug-likeness (QED) is 0.871. The van der Waals surface area contributed by atoms with Gasteiger partial charge in [0, 0.05) is 5.57 Å². The van der Waals surface area contributed by atoms with Gasteiger partial charge < -0.3 is 4.74 Å². The van der Waals surface area contributed by atoms with Crippen molar-refractivity contribution >= 4 is 24.0 Å². The molecular formula is C13H12N5O. The van der Waals surface area contributed by atoms with Gasteiger partial charge in [-0.1, -0.05) is 18.2 Å². The first-order chi connectivity index (χ1) is 9.36. The third-order valence-electron chi connectivity index (χ3n) is 2.69. The molecule has 0 saturated carbocycles. The van der Waals surface area contributed by atoms with Crippen LogP contribution in [-0.4, -0.2) is 24.9 Å². The summed E-state index contributed by atoms with van der Waals surface area (Å²) in [5, 5.41) is 13.7. The van der Waals surface area contributed by atoms with Crippen molar-refractivity contribution in [3.63, 3.8) is 0 Å². The maximum absolute atomic E-state index is 5.52. The molecule has 0 amide bonds. The largest absolute Gasteiger partial charge is 0.469 e. The van der Waals surface area contributed by atoms with Crippen LogP contribution in [0.4, 0.5) is 5.69 Å². The summed E-state index contributed by atoms with van der Waals surface area (Å²) in [6.07, 6.45) is 4.48. The standard InChI is InChI=1S/C13H12N5O/c1-10-9-15-17-18(11-5-3-2-4-6-11)12(10)13-16-14-7-8-19-13/h2-7,17H,8H2,1H3. The molecular weight excluding hydrogens is 242 g/mol. The van der Waals surface area contributed by atoms with E-state index >= 15 is 0 Å². The lowest BCUT2D eigenvalue weighted by Crippen LogP contribution is -2.41. The number of hydrazone groups is 1. The number of ether oxygens (including phenoxy) is 1. The molecule has 2 aliphatic rings. The molecule has 2 aliphatic heterocycles. The van der Waals surface area contributed by atoms with Crippen LogP contribution in [0.2, 0.25) is 0 Å². The van der Waals surface area contributed by atoms with Gasteiger partial charge in [-0.25, -0.2) is 10.5 Å². The van der Waals surface area contributed by atoms with Crippen molar-refractivity contribution in [2.45, 2.75) is 6.92 Å². The first-order valence-corrected chi connectivity index (χ1v) is 5.86. The van der Waals surface area contributed by atoms with Gasteiger partial charge in [0.25, 0.3) is 5.90 Å². The predicted octanol–water partition coefficient (Wildman–Crippen LogP) is 1.56. The van der Waals surface area contributed by atoms with Crippen molar-refractivity contribution in [3.05, 3.63) is 41.6 Å². The topological polar surface area (TPSA) is 61.6 Å². The smallest absolute Gasteiger partial charge is 0.260 e. The molecule has 1 N–H and O–H groups in total. The van der Waals surface area contributed by atoms with Gasteiger partial charge in [0.15, 0.2) is 0 Å². The molecule has 6 nitrogen and oxygen atoms in total. The molecule has 19 heavy (non-hydrogen) atoms. The summed E-state index contributed by atoms with van der Waals surface area (Å²) in [5.74, 6) is 0.457. The Morgan fingerprint density at radius 3 is 2.89 bits per heavy atom. The van der Waals surface area contributed by atoms with E-state index in [1.807, 2.05) is 37.3 Å². The number of nitrogens with one attached hydrogen (secondary N) is 1. The van der Waals surface area contributed by atoms with Crippen LogP contribution in [0.25, 0.3) is 0 Å². The van der Waals surface area contributed by atoms with E-state index in [1.165, 1.54) is 0 Å². The number of rotatable bonds is 2. The molecule has 0 unspecified atom stereocenters. The zero-order chi connectivity index (χ0) is 13.1. The van der Waals surface area contributed by atoms with Crippen molar-refractivity contribution in [1.82, 2.24) is 5.53 Å². The van der Waals surface area contributed by atoms with Crippen LogP contribution < -0.4 is 10.5 Å². The van der Waals surface area contributed by atoms with Gasteiger partial charge in [-0.05, 0) is 19.1 Å². The summed E-state index contributed by atoms with van der Waals surface area (Å²) in [6, 6.07) is 9.79. The molecule has 1 aromatic carbocycles. The molecule has 0 saturated heterocycles. The Morgan fingerprint density at radius 1 is 1.32 bits per heavy atom. The number of nitrogens with zero attached hydrogens (tertiary/aromatic N) is 4. The summed E-state index contributed by atoms with van der Waals surface area (Å²) in [4.78, 5) is 0. The predicted molar refractivity (Wildman–Crippen MR) is 74.1 cm³/mol. The highest BCUT2D eigenvalue weighted by molar-refractivity contribution is 6.04. The first-order valence-electron chi connectivity index (χ1n) is 5.86. The highest BCUT2D eigenvalue weighted by Gasteiger charge is 2.24. The monoisotopic (exact) mass is 254 g/mol. The molecule has 0 bridgehead atoms. The molecule has 0 spiro atoms. The average molecular weight is 254 g/mol. The molecule has 6 heteroatoms. The number of hydrazine groups is 1. The van der Waals surface area contributed by atoms with Gasteiger partial charge in [-0.2, -0.15) is 10.2 Å². The third-order valence-corrected chi connectivity index (χ3v) is 2.69. The molecule has 1 radical (unpaired) electrons. The molecule has 3 rings (SSSR count). The minimum Gasteiger partial charge on any atom is -0.469 e. The number of hydrogen-bond donors (Lipinski definition) is 1. The zero-order valence-electron chi connectivity index (χ0n) is 10.4. The van der Waals surface area contributed by atoms with E-state index in [1.54, 1.807) is 11.2 Å². The molecule has 0 aromatic heterocycles. The van der Waals surface area contributed by atoms with Gasteiger partial charge in [0.1, 0.15) is 18.5 Å². The van der Waals surface area contributed by atoms with Gasteiger partial charge in [-0.3, -0.25) is 0 Å². The second-order valence-electron chi connectivity index (χ2n) is 3.98. The number of anilines is 1. The Balaban J connectivity index is 2.03. The summed E-state index contributed by atoms with van der Waals surface area (Å²) in [5.41, 5.74) is 5.42. The van der Waals surface area contributed by atoms with E-state index in [4.69, 9.17) is 4.74 Å². The van der Waals surface area contributed by atoms with E-state index in [2.05, 4.69) is 27.1 Å². The highest BCUT2D eigenvalue weighted by Crippen LogP contribution is 2.22. The first kappa shape index (κ1) is 11.5. The Labute approximate surface area is 110 Å². The van der Waals surface area contributed by atoms with Crippen molar-refractivity contribution in [2.75, 3.05) is 11.6 Å². The van der Waals surface area contributed by atoms with Gasteiger partial charge >= 0.3 is 0 Å². The number of benzene rings is 1. The number of hydrogen-bond acceptors (Lipinski definition) is 6. The van der Waals surface area contributed by atoms with Gasteiger partial charge in [0.2, 0.25) is 0 Å². The lowest BCUT2D eigenvalue weighted by molar-refractivity contribution is 0.357. The van der Waals surface area contributed by atoms with Crippen LogP contribution in [0.5, 0.6) is 0 Å². The van der Waals surface area contributed by atoms with Crippen molar-refractivity contribution in [2.24, 2.45) is 15.3 Å². The van der Waals surface area contributed by atoms with Gasteiger partial charge in [-0.15, -0.1) is 5.10 Å². The molecule has 2 heterocycles. The van der Waals surface area contributed by atoms with Crippen molar-refractivity contribution in [3.8, 4) is 0 Å². The maximum Gasteiger partial charge on any atom is 0.260 e. The molecule has 95 valence electrons. The minimum absolute atomic E-state index is 0.412. The Hall–Kier alpha value is -2.63. The summed E-state index contributed by atoms with van der Waals surface area (Å²) in [7, 11) is 0. The minimum atomic E-state index is 0.412. The fourth-order valence-electron chi connectivity index (χ4n) is 1.84. The molecule has 1 aromatic rings. The van der Waals surface area contributed by atoms with E-state index in [-0.39, 0.29) is 0 Å². The number of allylic oxidation sites excluding steroid dienone is 1. The second-order valence-corrected chi connectivity index (χ2v) is 3.98. The van der Waals surface area contributed by atoms with Gasteiger partial charge in [0.05, 0.1) is 11.9 Å². The van der Waals surface area contributed by atoms with Crippen LogP contribution in [0.15, 0.2) is 56.9 Å². The Kier molecular flexibility index (Phi) is 2.97. The van der Waals surface area contributed by atoms with Crippen LogP contribution in [0.3, 0.4) is 0 Å². The third kappa shape index (κ3) is 2.20. The maximum atomic E-state index is 5.52. The normalized spacial score (nSPS) is 17.9. The summed E-state index contributed by atoms with van der Waals surface area (Å²) in [6.45, 7) is 2.31. The van der Waals surface area contributed by atoms with Crippen molar-refractivity contribution in [1.29, 1.82) is 0 Å². The SMILES string of the molecule is CC1=C(C2=NN=CCO2)N(c2ccccc2)NN=[C]1. The Bertz CT molecular complexity index is 588. The fourth-order valence-corrected chi connectivity index (χ4v) is 1.84. The summed E-state index contributed by atoms with van der Waals surface area (Å²) < 4.78 is 5.52. The lowest BCUT2D eigenvalue weighted by atomic mass is 10.2. The highest BCUT2D eigenvalue weighted by atomic mass is 16.5. The van der Waals surface area contributed by atoms with Crippen LogP contribution >= 0.6 is 0 Å². The van der Waals surface area contributed by atoms with Crippen molar-refractivity contribution < 1.29 is 4.74 Å². The van der Waals surface area contributed by atoms with E-state index in [0.717, 1.165) is 17.0 Å². The lowest BCUT2D eigenvalue weighted by Gasteiger charge is -2.29. The Morgan fingerprint density at radius 2 is 2.16 bits per heavy atom. The van der Waals surface area contributed by atoms with E-state index < -0.39 is 0 Å². The summed E-state index contributed by atoms with van der Waals surface area (Å²) >= 11 is 0.